The van der Waals surface area contributed by atoms with Crippen molar-refractivity contribution in [1.82, 2.24) is 0 Å². The molecule has 0 spiro atoms. The zero-order valence-corrected chi connectivity index (χ0v) is 10.9. The van der Waals surface area contributed by atoms with Crippen LogP contribution in [0.5, 0.6) is 0 Å². The van der Waals surface area contributed by atoms with E-state index < -0.39 is 32.9 Å². The highest BCUT2D eigenvalue weighted by molar-refractivity contribution is 5.53. The van der Waals surface area contributed by atoms with Crippen LogP contribution in [0.2, 0.25) is 0 Å². The number of nitro benzene ring substituents is 2. The van der Waals surface area contributed by atoms with Crippen molar-refractivity contribution in [2.24, 2.45) is 0 Å². The van der Waals surface area contributed by atoms with Gasteiger partial charge in [0.25, 0.3) is 0 Å². The lowest BCUT2D eigenvalue weighted by molar-refractivity contribution is -0.424. The Labute approximate surface area is 122 Å². The smallest absolute Gasteiger partial charge is 0.384 e. The summed E-state index contributed by atoms with van der Waals surface area (Å²) in [6.45, 7) is 0. The summed E-state index contributed by atoms with van der Waals surface area (Å²) in [5.41, 5.74) is 9.70. The molecule has 0 heterocycles. The molecule has 2 rings (SSSR count). The maximum atomic E-state index is 12.8. The number of anilines is 2. The molecule has 10 heteroatoms. The molecule has 4 N–H and O–H groups in total. The molecule has 22 heavy (non-hydrogen) atoms. The second-order valence-electron chi connectivity index (χ2n) is 3.91. The first-order chi connectivity index (χ1) is 10.2. The van der Waals surface area contributed by atoms with Crippen molar-refractivity contribution in [1.29, 1.82) is 0 Å². The Hall–Kier alpha value is -3.30. The SMILES string of the molecule is Nc1ccc(N)cc1.O=[N+]([O-])c1ccc(F)c(F)c1[N+](=O)[O-]. The van der Waals surface area contributed by atoms with E-state index in [9.17, 15) is 29.0 Å². The monoisotopic (exact) mass is 312 g/mol. The van der Waals surface area contributed by atoms with E-state index in [0.717, 1.165) is 11.4 Å². The number of halogens is 2. The normalized spacial score (nSPS) is 9.55. The number of nitrogens with zero attached hydrogens (tertiary/aromatic N) is 2. The summed E-state index contributed by atoms with van der Waals surface area (Å²) in [4.78, 5) is 17.9. The maximum Gasteiger partial charge on any atom is 0.384 e. The molecule has 0 unspecified atom stereocenters. The summed E-state index contributed by atoms with van der Waals surface area (Å²) in [5.74, 6) is -3.33. The zero-order valence-electron chi connectivity index (χ0n) is 10.9. The molecule has 0 saturated carbocycles. The van der Waals surface area contributed by atoms with Gasteiger partial charge in [0.1, 0.15) is 0 Å². The Morgan fingerprint density at radius 3 is 1.64 bits per heavy atom. The predicted molar refractivity (Wildman–Crippen MR) is 74.9 cm³/mol. The van der Waals surface area contributed by atoms with E-state index in [0.29, 0.717) is 12.1 Å². The zero-order chi connectivity index (χ0) is 16.9. The Balaban J connectivity index is 0.000000255. The fourth-order valence-electron chi connectivity index (χ4n) is 1.35. The Bertz CT molecular complexity index is 686. The first-order valence-corrected chi connectivity index (χ1v) is 5.61. The van der Waals surface area contributed by atoms with Crippen LogP contribution in [0, 0.1) is 31.9 Å². The number of nitrogen functional groups attached to an aromatic ring is 2. The van der Waals surface area contributed by atoms with Crippen LogP contribution in [0.1, 0.15) is 0 Å². The quantitative estimate of drug-likeness (QED) is 0.496. The van der Waals surface area contributed by atoms with E-state index in [1.165, 1.54) is 0 Å². The molecule has 0 aliphatic carbocycles. The van der Waals surface area contributed by atoms with Crippen molar-refractivity contribution in [3.63, 3.8) is 0 Å². The summed E-state index contributed by atoms with van der Waals surface area (Å²) in [5, 5.41) is 20.4. The van der Waals surface area contributed by atoms with Gasteiger partial charge in [0.2, 0.25) is 5.82 Å². The van der Waals surface area contributed by atoms with E-state index >= 15 is 0 Å². The molecule has 0 atom stereocenters. The molecule has 116 valence electrons. The minimum atomic E-state index is -1.83. The summed E-state index contributed by atoms with van der Waals surface area (Å²) in [6, 6.07) is 8.09. The van der Waals surface area contributed by atoms with Gasteiger partial charge < -0.3 is 11.5 Å². The van der Waals surface area contributed by atoms with Crippen LogP contribution in [0.4, 0.5) is 31.5 Å². The second kappa shape index (κ2) is 6.92. The van der Waals surface area contributed by atoms with E-state index in [1.54, 1.807) is 24.3 Å². The molecular formula is C12H10F2N4O4. The van der Waals surface area contributed by atoms with Crippen LogP contribution in [-0.4, -0.2) is 9.85 Å². The van der Waals surface area contributed by atoms with Gasteiger partial charge in [-0.1, -0.05) is 0 Å². The van der Waals surface area contributed by atoms with Gasteiger partial charge in [0, 0.05) is 17.4 Å². The highest BCUT2D eigenvalue weighted by Gasteiger charge is 2.31. The molecule has 0 radical (unpaired) electrons. The van der Waals surface area contributed by atoms with E-state index in [1.807, 2.05) is 0 Å². The molecule has 0 bridgehead atoms. The van der Waals surface area contributed by atoms with E-state index in [4.69, 9.17) is 11.5 Å². The fourth-order valence-corrected chi connectivity index (χ4v) is 1.35. The summed E-state index contributed by atoms with van der Waals surface area (Å²) in [6.07, 6.45) is 0. The van der Waals surface area contributed by atoms with Crippen LogP contribution in [0.3, 0.4) is 0 Å². The van der Waals surface area contributed by atoms with Crippen molar-refractivity contribution in [3.8, 4) is 0 Å². The summed E-state index contributed by atoms with van der Waals surface area (Å²) in [7, 11) is 0. The van der Waals surface area contributed by atoms with Gasteiger partial charge in [0.15, 0.2) is 5.82 Å². The van der Waals surface area contributed by atoms with Gasteiger partial charge in [-0.2, -0.15) is 4.39 Å². The number of nitro groups is 2. The van der Waals surface area contributed by atoms with Crippen LogP contribution >= 0.6 is 0 Å². The van der Waals surface area contributed by atoms with Gasteiger partial charge in [-0.05, 0) is 30.3 Å². The third kappa shape index (κ3) is 4.10. The third-order valence-electron chi connectivity index (χ3n) is 2.36. The second-order valence-corrected chi connectivity index (χ2v) is 3.91. The maximum absolute atomic E-state index is 12.8. The number of nitrogens with two attached hydrogens (primary N) is 2. The fraction of sp³-hybridized carbons (Fsp3) is 0. The van der Waals surface area contributed by atoms with Crippen LogP contribution in [-0.2, 0) is 0 Å². The van der Waals surface area contributed by atoms with E-state index in [-0.39, 0.29) is 0 Å². The molecule has 0 aromatic heterocycles. The molecule has 0 fully saturated rings. The minimum Gasteiger partial charge on any atom is -0.399 e. The molecule has 2 aromatic rings. The number of hydrogen-bond acceptors (Lipinski definition) is 6. The van der Waals surface area contributed by atoms with Crippen LogP contribution in [0.25, 0.3) is 0 Å². The molecule has 2 aromatic carbocycles. The standard InChI is InChI=1S/C6H2F2N2O4.C6H8N2/c7-3-1-2-4(9(11)12)6(5(3)8)10(13)14;7-5-1-2-6(8)4-3-5/h1-2H;1-4H,7-8H2. The van der Waals surface area contributed by atoms with Crippen molar-refractivity contribution in [3.05, 3.63) is 68.3 Å². The van der Waals surface area contributed by atoms with Gasteiger partial charge in [-0.15, -0.1) is 0 Å². The van der Waals surface area contributed by atoms with Gasteiger partial charge in [-0.25, -0.2) is 4.39 Å². The predicted octanol–water partition coefficient (Wildman–Crippen LogP) is 2.63. The average molecular weight is 312 g/mol. The van der Waals surface area contributed by atoms with E-state index in [2.05, 4.69) is 0 Å². The lowest BCUT2D eigenvalue weighted by Crippen LogP contribution is -2.01. The van der Waals surface area contributed by atoms with Gasteiger partial charge in [-0.3, -0.25) is 20.2 Å². The largest absolute Gasteiger partial charge is 0.399 e. The molecule has 0 amide bonds. The number of rotatable bonds is 2. The Morgan fingerprint density at radius 2 is 1.27 bits per heavy atom. The molecule has 0 aliphatic rings. The topological polar surface area (TPSA) is 138 Å². The lowest BCUT2D eigenvalue weighted by atomic mass is 10.2. The van der Waals surface area contributed by atoms with Crippen LogP contribution < -0.4 is 11.5 Å². The van der Waals surface area contributed by atoms with Gasteiger partial charge in [0.05, 0.1) is 9.85 Å². The van der Waals surface area contributed by atoms with Crippen molar-refractivity contribution in [2.75, 3.05) is 11.5 Å². The molecule has 8 nitrogen and oxygen atoms in total. The lowest BCUT2D eigenvalue weighted by Gasteiger charge is -1.96. The van der Waals surface area contributed by atoms with Crippen molar-refractivity contribution < 1.29 is 18.6 Å². The third-order valence-corrected chi connectivity index (χ3v) is 2.36. The number of benzene rings is 2. The summed E-state index contributed by atoms with van der Waals surface area (Å²) < 4.78 is 25.2. The Morgan fingerprint density at radius 1 is 0.818 bits per heavy atom. The van der Waals surface area contributed by atoms with Gasteiger partial charge >= 0.3 is 11.4 Å². The molecule has 0 saturated heterocycles. The average Bonchev–Trinajstić information content (AvgIpc) is 2.45. The highest BCUT2D eigenvalue weighted by Crippen LogP contribution is 2.30. The van der Waals surface area contributed by atoms with Crippen molar-refractivity contribution in [2.45, 2.75) is 0 Å². The first kappa shape index (κ1) is 16.8. The first-order valence-electron chi connectivity index (χ1n) is 5.61. The summed E-state index contributed by atoms with van der Waals surface area (Å²) >= 11 is 0. The Kier molecular flexibility index (Phi) is 5.27. The van der Waals surface area contributed by atoms with Crippen LogP contribution in [0.15, 0.2) is 36.4 Å². The van der Waals surface area contributed by atoms with Crippen molar-refractivity contribution >= 4 is 22.7 Å². The molecule has 0 aliphatic heterocycles. The number of hydrogen-bond donors (Lipinski definition) is 2. The minimum absolute atomic E-state index is 0.459. The highest BCUT2D eigenvalue weighted by atomic mass is 19.2. The molecular weight excluding hydrogens is 302 g/mol.